The van der Waals surface area contributed by atoms with Crippen molar-refractivity contribution >= 4 is 0 Å². The van der Waals surface area contributed by atoms with Crippen molar-refractivity contribution in [2.45, 2.75) is 13.0 Å². The minimum atomic E-state index is -0.171. The van der Waals surface area contributed by atoms with Crippen LogP contribution >= 0.6 is 0 Å². The van der Waals surface area contributed by atoms with Gasteiger partial charge in [0.1, 0.15) is 5.82 Å². The van der Waals surface area contributed by atoms with E-state index >= 15 is 0 Å². The van der Waals surface area contributed by atoms with E-state index in [1.54, 1.807) is 12.1 Å². The number of rotatable bonds is 6. The molecule has 0 atom stereocenters. The summed E-state index contributed by atoms with van der Waals surface area (Å²) in [7, 11) is 0. The summed E-state index contributed by atoms with van der Waals surface area (Å²) in [5, 5.41) is 3.40. The van der Waals surface area contributed by atoms with Crippen LogP contribution in [0.5, 0.6) is 0 Å². The van der Waals surface area contributed by atoms with Crippen molar-refractivity contribution in [3.63, 3.8) is 0 Å². The van der Waals surface area contributed by atoms with Crippen LogP contribution in [-0.4, -0.2) is 6.54 Å². The molecule has 0 aliphatic heterocycles. The van der Waals surface area contributed by atoms with Gasteiger partial charge >= 0.3 is 0 Å². The molecular formula is C21H19FN. The monoisotopic (exact) mass is 304 g/mol. The summed E-state index contributed by atoms with van der Waals surface area (Å²) in [6.45, 7) is 1.64. The smallest absolute Gasteiger partial charge is 0.123 e. The predicted octanol–water partition coefficient (Wildman–Crippen LogP) is 4.63. The van der Waals surface area contributed by atoms with Crippen LogP contribution in [0.1, 0.15) is 11.1 Å². The lowest BCUT2D eigenvalue weighted by atomic mass is 10.0. The van der Waals surface area contributed by atoms with Gasteiger partial charge in [0.2, 0.25) is 0 Å². The molecule has 0 fully saturated rings. The van der Waals surface area contributed by atoms with Gasteiger partial charge in [-0.1, -0.05) is 60.7 Å². The third-order valence-electron chi connectivity index (χ3n) is 3.78. The third-order valence-corrected chi connectivity index (χ3v) is 3.78. The lowest BCUT2D eigenvalue weighted by Crippen LogP contribution is -2.16. The summed E-state index contributed by atoms with van der Waals surface area (Å²) in [6, 6.07) is 26.5. The molecule has 3 aromatic rings. The number of benzene rings is 3. The van der Waals surface area contributed by atoms with Crippen LogP contribution in [0.15, 0.2) is 72.8 Å². The Kier molecular flexibility index (Phi) is 5.17. The van der Waals surface area contributed by atoms with Crippen LogP contribution in [0.3, 0.4) is 0 Å². The van der Waals surface area contributed by atoms with Crippen LogP contribution in [-0.2, 0) is 13.0 Å². The molecular weight excluding hydrogens is 285 g/mol. The Morgan fingerprint density at radius 3 is 2.48 bits per heavy atom. The quantitative estimate of drug-likeness (QED) is 0.655. The van der Waals surface area contributed by atoms with Crippen LogP contribution in [0.25, 0.3) is 11.1 Å². The summed E-state index contributed by atoms with van der Waals surface area (Å²) in [5.74, 6) is -0.171. The van der Waals surface area contributed by atoms with Crippen molar-refractivity contribution in [3.8, 4) is 11.1 Å². The fourth-order valence-corrected chi connectivity index (χ4v) is 2.53. The van der Waals surface area contributed by atoms with Gasteiger partial charge in [0.25, 0.3) is 0 Å². The molecule has 0 heterocycles. The SMILES string of the molecule is Fc1cccc(CCNCc2ccc(-c3[c]cccc3)cc2)c1. The topological polar surface area (TPSA) is 12.0 Å². The number of nitrogens with one attached hydrogen (secondary N) is 1. The summed E-state index contributed by atoms with van der Waals surface area (Å²) >= 11 is 0. The Balaban J connectivity index is 1.49. The highest BCUT2D eigenvalue weighted by molar-refractivity contribution is 5.62. The van der Waals surface area contributed by atoms with Gasteiger partial charge in [0, 0.05) is 6.54 Å². The molecule has 1 N–H and O–H groups in total. The largest absolute Gasteiger partial charge is 0.312 e. The number of halogens is 1. The minimum Gasteiger partial charge on any atom is -0.312 e. The van der Waals surface area contributed by atoms with Gasteiger partial charge in [-0.05, 0) is 53.4 Å². The normalized spacial score (nSPS) is 10.7. The van der Waals surface area contributed by atoms with Crippen LogP contribution < -0.4 is 5.32 Å². The van der Waals surface area contributed by atoms with Gasteiger partial charge in [-0.15, -0.1) is 0 Å². The number of hydrogen-bond acceptors (Lipinski definition) is 1. The van der Waals surface area contributed by atoms with Gasteiger partial charge < -0.3 is 5.32 Å². The Hall–Kier alpha value is -2.45. The molecule has 0 amide bonds. The average Bonchev–Trinajstić information content (AvgIpc) is 2.60. The summed E-state index contributed by atoms with van der Waals surface area (Å²) in [5.41, 5.74) is 4.55. The van der Waals surface area contributed by atoms with E-state index in [2.05, 4.69) is 41.7 Å². The maximum absolute atomic E-state index is 13.1. The molecule has 0 saturated heterocycles. The van der Waals surface area contributed by atoms with E-state index in [0.717, 1.165) is 30.6 Å². The van der Waals surface area contributed by atoms with Crippen molar-refractivity contribution < 1.29 is 4.39 Å². The Morgan fingerprint density at radius 1 is 0.870 bits per heavy atom. The summed E-state index contributed by atoms with van der Waals surface area (Å²) in [6.07, 6.45) is 0.828. The second-order valence-corrected chi connectivity index (χ2v) is 5.53. The van der Waals surface area contributed by atoms with Crippen molar-refractivity contribution in [3.05, 3.63) is 95.8 Å². The molecule has 0 bridgehead atoms. The first-order valence-electron chi connectivity index (χ1n) is 7.82. The lowest BCUT2D eigenvalue weighted by molar-refractivity contribution is 0.622. The average molecular weight is 304 g/mol. The van der Waals surface area contributed by atoms with Crippen molar-refractivity contribution in [2.75, 3.05) is 6.54 Å². The van der Waals surface area contributed by atoms with E-state index in [0.29, 0.717) is 0 Å². The molecule has 0 spiro atoms. The van der Waals surface area contributed by atoms with Crippen LogP contribution in [0.4, 0.5) is 4.39 Å². The highest BCUT2D eigenvalue weighted by Crippen LogP contribution is 2.18. The maximum atomic E-state index is 13.1. The van der Waals surface area contributed by atoms with E-state index in [-0.39, 0.29) is 5.82 Å². The molecule has 1 nitrogen and oxygen atoms in total. The second kappa shape index (κ2) is 7.70. The highest BCUT2D eigenvalue weighted by atomic mass is 19.1. The standard InChI is InChI=1S/C21H19FN/c22-21-8-4-5-17(15-21)13-14-23-16-18-9-11-20(12-10-18)19-6-2-1-3-7-19/h1-6,8-12,15,23H,13-14,16H2. The Labute approximate surface area is 136 Å². The van der Waals surface area contributed by atoms with Crippen molar-refractivity contribution in [1.82, 2.24) is 5.32 Å². The first-order chi connectivity index (χ1) is 11.3. The zero-order valence-electron chi connectivity index (χ0n) is 12.9. The van der Waals surface area contributed by atoms with Crippen LogP contribution in [0.2, 0.25) is 0 Å². The van der Waals surface area contributed by atoms with Gasteiger partial charge in [-0.3, -0.25) is 0 Å². The molecule has 3 rings (SSSR count). The first kappa shape index (κ1) is 15.4. The third kappa shape index (κ3) is 4.51. The van der Waals surface area contributed by atoms with E-state index in [9.17, 15) is 4.39 Å². The van der Waals surface area contributed by atoms with Crippen LogP contribution in [0, 0.1) is 11.9 Å². The van der Waals surface area contributed by atoms with Gasteiger partial charge in [-0.2, -0.15) is 0 Å². The molecule has 2 heteroatoms. The summed E-state index contributed by atoms with van der Waals surface area (Å²) < 4.78 is 13.1. The molecule has 0 aliphatic rings. The molecule has 1 radical (unpaired) electrons. The molecule has 3 aromatic carbocycles. The zero-order valence-corrected chi connectivity index (χ0v) is 12.9. The fourth-order valence-electron chi connectivity index (χ4n) is 2.53. The van der Waals surface area contributed by atoms with E-state index < -0.39 is 0 Å². The predicted molar refractivity (Wildman–Crippen MR) is 92.5 cm³/mol. The molecule has 0 aromatic heterocycles. The Bertz CT molecular complexity index is 735. The van der Waals surface area contributed by atoms with E-state index in [1.807, 2.05) is 24.3 Å². The van der Waals surface area contributed by atoms with Gasteiger partial charge in [-0.25, -0.2) is 4.39 Å². The fraction of sp³-hybridized carbons (Fsp3) is 0.143. The minimum absolute atomic E-state index is 0.171. The second-order valence-electron chi connectivity index (χ2n) is 5.53. The number of hydrogen-bond donors (Lipinski definition) is 1. The molecule has 0 aliphatic carbocycles. The highest BCUT2D eigenvalue weighted by Gasteiger charge is 1.99. The Morgan fingerprint density at radius 2 is 1.74 bits per heavy atom. The van der Waals surface area contributed by atoms with Crippen molar-refractivity contribution in [1.29, 1.82) is 0 Å². The van der Waals surface area contributed by atoms with Gasteiger partial charge in [0.05, 0.1) is 0 Å². The van der Waals surface area contributed by atoms with E-state index in [1.165, 1.54) is 17.2 Å². The maximum Gasteiger partial charge on any atom is 0.123 e. The molecule has 23 heavy (non-hydrogen) atoms. The zero-order chi connectivity index (χ0) is 15.9. The lowest BCUT2D eigenvalue weighted by Gasteiger charge is -2.07. The van der Waals surface area contributed by atoms with Crippen molar-refractivity contribution in [2.24, 2.45) is 0 Å². The molecule has 0 unspecified atom stereocenters. The molecule has 0 saturated carbocycles. The summed E-state index contributed by atoms with van der Waals surface area (Å²) in [4.78, 5) is 0. The first-order valence-corrected chi connectivity index (χ1v) is 7.82. The van der Waals surface area contributed by atoms with E-state index in [4.69, 9.17) is 0 Å². The molecule has 115 valence electrons. The van der Waals surface area contributed by atoms with Gasteiger partial charge in [0.15, 0.2) is 0 Å².